The number of benzene rings is 2. The third-order valence-electron chi connectivity index (χ3n) is 5.90. The second-order valence-electron chi connectivity index (χ2n) is 8.80. The van der Waals surface area contributed by atoms with Crippen molar-refractivity contribution in [3.05, 3.63) is 77.0 Å². The molecule has 1 atom stereocenters. The van der Waals surface area contributed by atoms with Crippen molar-refractivity contribution in [3.63, 3.8) is 0 Å². The molecule has 3 nitrogen and oxygen atoms in total. The minimum absolute atomic E-state index is 0.203. The summed E-state index contributed by atoms with van der Waals surface area (Å²) >= 11 is 0. The predicted molar refractivity (Wildman–Crippen MR) is 112 cm³/mol. The zero-order chi connectivity index (χ0) is 19.7. The highest BCUT2D eigenvalue weighted by atomic mass is 16.5. The molecule has 0 saturated heterocycles. The Hall–Kier alpha value is -2.68. The second-order valence-corrected chi connectivity index (χ2v) is 8.80. The van der Waals surface area contributed by atoms with Crippen LogP contribution in [-0.4, -0.2) is 11.0 Å². The molecule has 3 heteroatoms. The van der Waals surface area contributed by atoms with Crippen LogP contribution in [0.2, 0.25) is 0 Å². The third-order valence-corrected chi connectivity index (χ3v) is 5.90. The molecule has 0 N–H and O–H groups in total. The second kappa shape index (κ2) is 7.38. The number of esters is 1. The number of carbonyl (C=O) groups is 1. The van der Waals surface area contributed by atoms with Gasteiger partial charge >= 0.3 is 5.97 Å². The fourth-order valence-electron chi connectivity index (χ4n) is 4.16. The van der Waals surface area contributed by atoms with Crippen molar-refractivity contribution in [1.29, 1.82) is 0 Å². The molecule has 0 spiro atoms. The number of pyridine rings is 1. The zero-order valence-corrected chi connectivity index (χ0v) is 16.9. The van der Waals surface area contributed by atoms with Gasteiger partial charge in [0, 0.05) is 11.1 Å². The average molecular weight is 373 g/mol. The van der Waals surface area contributed by atoms with E-state index in [1.54, 1.807) is 0 Å². The van der Waals surface area contributed by atoms with Gasteiger partial charge in [-0.3, -0.25) is 4.98 Å². The molecular weight excluding hydrogens is 346 g/mol. The van der Waals surface area contributed by atoms with E-state index in [9.17, 15) is 4.79 Å². The van der Waals surface area contributed by atoms with Crippen LogP contribution in [0.25, 0.3) is 10.9 Å². The molecule has 0 aliphatic heterocycles. The number of para-hydroxylation sites is 1. The fraction of sp³-hybridized carbons (Fsp3) is 0.360. The van der Waals surface area contributed by atoms with Crippen molar-refractivity contribution in [2.45, 2.75) is 46.6 Å². The van der Waals surface area contributed by atoms with Crippen LogP contribution >= 0.6 is 0 Å². The van der Waals surface area contributed by atoms with E-state index in [0.29, 0.717) is 11.5 Å². The monoisotopic (exact) mass is 373 g/mol. The van der Waals surface area contributed by atoms with Crippen LogP contribution in [0.4, 0.5) is 0 Å². The number of aromatic nitrogens is 1. The van der Waals surface area contributed by atoms with Crippen LogP contribution < -0.4 is 0 Å². The number of nitrogens with zero attached hydrogens (tertiary/aromatic N) is 1. The maximum Gasteiger partial charge on any atom is 0.339 e. The number of ether oxygens (including phenoxy) is 1. The van der Waals surface area contributed by atoms with E-state index in [-0.39, 0.29) is 18.0 Å². The first-order valence-electron chi connectivity index (χ1n) is 10.0. The van der Waals surface area contributed by atoms with Crippen molar-refractivity contribution in [3.8, 4) is 0 Å². The van der Waals surface area contributed by atoms with Gasteiger partial charge in [-0.2, -0.15) is 0 Å². The molecule has 28 heavy (non-hydrogen) atoms. The number of fused-ring (bicyclic) bond motifs is 2. The molecule has 3 aromatic rings. The van der Waals surface area contributed by atoms with E-state index in [2.05, 4.69) is 20.8 Å². The summed E-state index contributed by atoms with van der Waals surface area (Å²) in [5.74, 6) is 0.289. The van der Waals surface area contributed by atoms with Crippen molar-refractivity contribution < 1.29 is 9.53 Å². The lowest BCUT2D eigenvalue weighted by Gasteiger charge is -2.35. The van der Waals surface area contributed by atoms with Gasteiger partial charge < -0.3 is 4.74 Å². The Morgan fingerprint density at radius 1 is 1.07 bits per heavy atom. The summed E-state index contributed by atoms with van der Waals surface area (Å²) < 4.78 is 5.74. The van der Waals surface area contributed by atoms with Crippen molar-refractivity contribution in [2.75, 3.05) is 0 Å². The van der Waals surface area contributed by atoms with Gasteiger partial charge in [-0.1, -0.05) is 69.3 Å². The molecule has 144 valence electrons. The largest absolute Gasteiger partial charge is 0.457 e. The van der Waals surface area contributed by atoms with E-state index in [1.165, 1.54) is 0 Å². The van der Waals surface area contributed by atoms with Gasteiger partial charge in [0.05, 0.1) is 11.1 Å². The zero-order valence-electron chi connectivity index (χ0n) is 16.9. The van der Waals surface area contributed by atoms with E-state index < -0.39 is 0 Å². The molecule has 0 bridgehead atoms. The van der Waals surface area contributed by atoms with E-state index >= 15 is 0 Å². The minimum atomic E-state index is -0.242. The minimum Gasteiger partial charge on any atom is -0.457 e. The Bertz CT molecular complexity index is 1000. The smallest absolute Gasteiger partial charge is 0.339 e. The maximum atomic E-state index is 13.2. The Morgan fingerprint density at radius 3 is 2.54 bits per heavy atom. The standard InChI is InChI=1S/C25H27NO2/c1-25(2,3)18-13-14-22-20(15-18)23(19-11-7-8-12-21(19)26-22)24(27)28-16-17-9-5-4-6-10-17/h4-12,18H,13-16H2,1-3H3. The van der Waals surface area contributed by atoms with E-state index in [1.807, 2.05) is 54.6 Å². The van der Waals surface area contributed by atoms with E-state index in [4.69, 9.17) is 9.72 Å². The molecule has 0 saturated carbocycles. The summed E-state index contributed by atoms with van der Waals surface area (Å²) in [4.78, 5) is 18.1. The first-order valence-corrected chi connectivity index (χ1v) is 10.0. The van der Waals surface area contributed by atoms with Crippen LogP contribution in [0.15, 0.2) is 54.6 Å². The first-order chi connectivity index (χ1) is 13.4. The number of hydrogen-bond donors (Lipinski definition) is 0. The molecule has 4 rings (SSSR count). The molecule has 0 fully saturated rings. The molecule has 0 radical (unpaired) electrons. The lowest BCUT2D eigenvalue weighted by molar-refractivity contribution is 0.0472. The molecule has 2 aromatic carbocycles. The molecule has 1 aromatic heterocycles. The molecule has 1 aliphatic carbocycles. The summed E-state index contributed by atoms with van der Waals surface area (Å²) in [6.07, 6.45) is 2.91. The SMILES string of the molecule is CC(C)(C)C1CCc2nc3ccccc3c(C(=O)OCc3ccccc3)c2C1. The molecular formula is C25H27NO2. The van der Waals surface area contributed by atoms with Gasteiger partial charge in [0.25, 0.3) is 0 Å². The summed E-state index contributed by atoms with van der Waals surface area (Å²) in [6, 6.07) is 17.7. The topological polar surface area (TPSA) is 39.2 Å². The Balaban J connectivity index is 1.74. The normalized spacial score (nSPS) is 16.6. The molecule has 1 aliphatic rings. The third kappa shape index (κ3) is 3.66. The van der Waals surface area contributed by atoms with Crippen molar-refractivity contribution in [2.24, 2.45) is 11.3 Å². The number of aryl methyl sites for hydroxylation is 1. The van der Waals surface area contributed by atoms with Crippen LogP contribution in [0.5, 0.6) is 0 Å². The highest BCUT2D eigenvalue weighted by Crippen LogP contribution is 2.39. The average Bonchev–Trinajstić information content (AvgIpc) is 2.70. The summed E-state index contributed by atoms with van der Waals surface area (Å²) in [5.41, 5.74) is 4.94. The lowest BCUT2D eigenvalue weighted by Crippen LogP contribution is -2.29. The van der Waals surface area contributed by atoms with Crippen molar-refractivity contribution >= 4 is 16.9 Å². The number of rotatable bonds is 3. The summed E-state index contributed by atoms with van der Waals surface area (Å²) in [6.45, 7) is 7.13. The maximum absolute atomic E-state index is 13.2. The first kappa shape index (κ1) is 18.7. The van der Waals surface area contributed by atoms with E-state index in [0.717, 1.165) is 47.0 Å². The van der Waals surface area contributed by atoms with Gasteiger partial charge in [-0.05, 0) is 47.8 Å². The highest BCUT2D eigenvalue weighted by molar-refractivity contribution is 6.05. The van der Waals surface area contributed by atoms with Crippen LogP contribution in [0.3, 0.4) is 0 Å². The van der Waals surface area contributed by atoms with Crippen LogP contribution in [-0.2, 0) is 24.2 Å². The quantitative estimate of drug-likeness (QED) is 0.549. The van der Waals surface area contributed by atoms with Crippen LogP contribution in [0.1, 0.15) is 54.4 Å². The van der Waals surface area contributed by atoms with Gasteiger partial charge in [0.15, 0.2) is 0 Å². The summed E-state index contributed by atoms with van der Waals surface area (Å²) in [5, 5.41) is 0.897. The fourth-order valence-corrected chi connectivity index (χ4v) is 4.16. The van der Waals surface area contributed by atoms with Crippen molar-refractivity contribution in [1.82, 2.24) is 4.98 Å². The van der Waals surface area contributed by atoms with Gasteiger partial charge in [-0.25, -0.2) is 4.79 Å². The number of hydrogen-bond acceptors (Lipinski definition) is 3. The lowest BCUT2D eigenvalue weighted by atomic mass is 9.70. The molecule has 1 unspecified atom stereocenters. The molecule has 1 heterocycles. The molecule has 0 amide bonds. The Morgan fingerprint density at radius 2 is 1.79 bits per heavy atom. The Labute approximate surface area is 166 Å². The van der Waals surface area contributed by atoms with Crippen LogP contribution in [0, 0.1) is 11.3 Å². The summed E-state index contributed by atoms with van der Waals surface area (Å²) in [7, 11) is 0. The predicted octanol–water partition coefficient (Wildman–Crippen LogP) is 5.74. The van der Waals surface area contributed by atoms with Gasteiger partial charge in [0.1, 0.15) is 6.61 Å². The highest BCUT2D eigenvalue weighted by Gasteiger charge is 2.33. The van der Waals surface area contributed by atoms with Gasteiger partial charge in [0.2, 0.25) is 0 Å². The van der Waals surface area contributed by atoms with Gasteiger partial charge in [-0.15, -0.1) is 0 Å². The Kier molecular flexibility index (Phi) is 4.92. The number of carbonyl (C=O) groups excluding carboxylic acids is 1.